The van der Waals surface area contributed by atoms with Crippen LogP contribution in [-0.2, 0) is 16.0 Å². The summed E-state index contributed by atoms with van der Waals surface area (Å²) in [6.45, 7) is 2.25. The summed E-state index contributed by atoms with van der Waals surface area (Å²) in [5.74, 6) is -0.169. The summed E-state index contributed by atoms with van der Waals surface area (Å²) >= 11 is 1.58. The number of thiophene rings is 1. The van der Waals surface area contributed by atoms with Gasteiger partial charge in [0.1, 0.15) is 0 Å². The Labute approximate surface area is 81.7 Å². The van der Waals surface area contributed by atoms with Crippen LogP contribution in [0.1, 0.15) is 12.5 Å². The molecule has 72 valence electrons. The van der Waals surface area contributed by atoms with Crippen molar-refractivity contribution in [3.05, 3.63) is 16.3 Å². The molecular weight excluding hydrogens is 186 g/mol. The van der Waals surface area contributed by atoms with Gasteiger partial charge in [0.25, 0.3) is 0 Å². The van der Waals surface area contributed by atoms with E-state index in [1.807, 2.05) is 24.7 Å². The van der Waals surface area contributed by atoms with Crippen molar-refractivity contribution in [3.8, 4) is 0 Å². The second kappa shape index (κ2) is 4.87. The minimum absolute atomic E-state index is 0.169. The Morgan fingerprint density at radius 2 is 2.38 bits per heavy atom. The fourth-order valence-corrected chi connectivity index (χ4v) is 1.90. The molecule has 1 aromatic rings. The Bertz CT molecular complexity index is 283. The van der Waals surface area contributed by atoms with Gasteiger partial charge in [0.15, 0.2) is 0 Å². The number of hydrogen-bond donors (Lipinski definition) is 1. The zero-order valence-corrected chi connectivity index (χ0v) is 8.61. The molecule has 0 bridgehead atoms. The second-order valence-electron chi connectivity index (χ2n) is 2.54. The lowest BCUT2D eigenvalue weighted by atomic mass is 10.2. The van der Waals surface area contributed by atoms with Crippen molar-refractivity contribution in [3.63, 3.8) is 0 Å². The number of esters is 1. The first kappa shape index (κ1) is 10.1. The smallest absolute Gasteiger partial charge is 0.310 e. The maximum absolute atomic E-state index is 11.1. The first-order valence-electron chi connectivity index (χ1n) is 4.16. The highest BCUT2D eigenvalue weighted by Crippen LogP contribution is 2.20. The molecule has 0 aliphatic rings. The second-order valence-corrected chi connectivity index (χ2v) is 3.29. The van der Waals surface area contributed by atoms with Gasteiger partial charge in [0.05, 0.1) is 13.0 Å². The summed E-state index contributed by atoms with van der Waals surface area (Å²) in [4.78, 5) is 11.1. The standard InChI is InChI=1S/C9H13NO2S/c1-3-12-9(11)4-7-5-13-6-8(7)10-2/h5-6,10H,3-4H2,1-2H3. The molecule has 1 rings (SSSR count). The van der Waals surface area contributed by atoms with Crippen LogP contribution >= 0.6 is 11.3 Å². The maximum Gasteiger partial charge on any atom is 0.310 e. The minimum Gasteiger partial charge on any atom is -0.466 e. The van der Waals surface area contributed by atoms with Crippen molar-refractivity contribution < 1.29 is 9.53 Å². The topological polar surface area (TPSA) is 38.3 Å². The van der Waals surface area contributed by atoms with E-state index in [1.54, 1.807) is 11.3 Å². The summed E-state index contributed by atoms with van der Waals surface area (Å²) < 4.78 is 4.85. The SMILES string of the molecule is CCOC(=O)Cc1cscc1NC. The van der Waals surface area contributed by atoms with E-state index in [4.69, 9.17) is 4.74 Å². The number of anilines is 1. The molecule has 0 spiro atoms. The van der Waals surface area contributed by atoms with E-state index >= 15 is 0 Å². The molecule has 3 nitrogen and oxygen atoms in total. The summed E-state index contributed by atoms with van der Waals surface area (Å²) in [5.41, 5.74) is 2.02. The third kappa shape index (κ3) is 2.73. The molecule has 0 fully saturated rings. The van der Waals surface area contributed by atoms with Gasteiger partial charge < -0.3 is 10.1 Å². The molecule has 1 N–H and O–H groups in total. The van der Waals surface area contributed by atoms with E-state index in [0.29, 0.717) is 13.0 Å². The van der Waals surface area contributed by atoms with Crippen LogP contribution in [-0.4, -0.2) is 19.6 Å². The summed E-state index contributed by atoms with van der Waals surface area (Å²) in [5, 5.41) is 6.97. The Kier molecular flexibility index (Phi) is 3.76. The lowest BCUT2D eigenvalue weighted by Gasteiger charge is -2.02. The van der Waals surface area contributed by atoms with Gasteiger partial charge in [-0.3, -0.25) is 4.79 Å². The van der Waals surface area contributed by atoms with Crippen molar-refractivity contribution in [1.82, 2.24) is 0 Å². The summed E-state index contributed by atoms with van der Waals surface area (Å²) in [7, 11) is 1.84. The predicted molar refractivity (Wildman–Crippen MR) is 54.2 cm³/mol. The Balaban J connectivity index is 2.57. The maximum atomic E-state index is 11.1. The highest BCUT2D eigenvalue weighted by molar-refractivity contribution is 7.08. The van der Waals surface area contributed by atoms with Crippen molar-refractivity contribution in [2.45, 2.75) is 13.3 Å². The van der Waals surface area contributed by atoms with Crippen LogP contribution in [0.2, 0.25) is 0 Å². The average molecular weight is 199 g/mol. The number of rotatable bonds is 4. The molecule has 0 unspecified atom stereocenters. The molecule has 1 heterocycles. The fraction of sp³-hybridized carbons (Fsp3) is 0.444. The van der Waals surface area contributed by atoms with E-state index in [0.717, 1.165) is 11.3 Å². The molecule has 0 saturated carbocycles. The molecule has 0 radical (unpaired) electrons. The number of carbonyl (C=O) groups excluding carboxylic acids is 1. The first-order valence-corrected chi connectivity index (χ1v) is 5.10. The number of nitrogens with one attached hydrogen (secondary N) is 1. The fourth-order valence-electron chi connectivity index (χ4n) is 1.05. The van der Waals surface area contributed by atoms with E-state index < -0.39 is 0 Å². The number of hydrogen-bond acceptors (Lipinski definition) is 4. The van der Waals surface area contributed by atoms with Crippen LogP contribution < -0.4 is 5.32 Å². The van der Waals surface area contributed by atoms with E-state index in [2.05, 4.69) is 5.32 Å². The van der Waals surface area contributed by atoms with Gasteiger partial charge in [-0.25, -0.2) is 0 Å². The highest BCUT2D eigenvalue weighted by atomic mass is 32.1. The van der Waals surface area contributed by atoms with E-state index in [-0.39, 0.29) is 5.97 Å². The van der Waals surface area contributed by atoms with Crippen molar-refractivity contribution in [2.75, 3.05) is 19.0 Å². The zero-order valence-electron chi connectivity index (χ0n) is 7.79. The summed E-state index contributed by atoms with van der Waals surface area (Å²) in [6, 6.07) is 0. The Morgan fingerprint density at radius 1 is 1.62 bits per heavy atom. The number of ether oxygens (including phenoxy) is 1. The summed E-state index contributed by atoms with van der Waals surface area (Å²) in [6.07, 6.45) is 0.355. The molecule has 0 atom stereocenters. The normalized spacial score (nSPS) is 9.69. The molecule has 1 aromatic heterocycles. The lowest BCUT2D eigenvalue weighted by Crippen LogP contribution is -2.07. The van der Waals surface area contributed by atoms with Gasteiger partial charge in [0, 0.05) is 18.1 Å². The van der Waals surface area contributed by atoms with Crippen molar-refractivity contribution >= 4 is 23.0 Å². The van der Waals surface area contributed by atoms with Gasteiger partial charge in [-0.15, -0.1) is 11.3 Å². The third-order valence-electron chi connectivity index (χ3n) is 1.65. The van der Waals surface area contributed by atoms with Crippen LogP contribution in [0.15, 0.2) is 10.8 Å². The van der Waals surface area contributed by atoms with Crippen molar-refractivity contribution in [1.29, 1.82) is 0 Å². The molecule has 0 amide bonds. The quantitative estimate of drug-likeness (QED) is 0.753. The van der Waals surface area contributed by atoms with E-state index in [1.165, 1.54) is 0 Å². The zero-order chi connectivity index (χ0) is 9.68. The van der Waals surface area contributed by atoms with Gasteiger partial charge in [0.2, 0.25) is 0 Å². The Morgan fingerprint density at radius 3 is 3.00 bits per heavy atom. The van der Waals surface area contributed by atoms with Gasteiger partial charge >= 0.3 is 5.97 Å². The highest BCUT2D eigenvalue weighted by Gasteiger charge is 2.08. The molecule has 4 heteroatoms. The van der Waals surface area contributed by atoms with Crippen LogP contribution in [0, 0.1) is 0 Å². The first-order chi connectivity index (χ1) is 6.27. The number of carbonyl (C=O) groups is 1. The largest absolute Gasteiger partial charge is 0.466 e. The van der Waals surface area contributed by atoms with Gasteiger partial charge in [-0.1, -0.05) is 0 Å². The van der Waals surface area contributed by atoms with Gasteiger partial charge in [-0.2, -0.15) is 0 Å². The van der Waals surface area contributed by atoms with Crippen LogP contribution in [0.3, 0.4) is 0 Å². The molecular formula is C9H13NO2S. The predicted octanol–water partition coefficient (Wildman–Crippen LogP) is 1.90. The lowest BCUT2D eigenvalue weighted by molar-refractivity contribution is -0.142. The molecule has 0 aliphatic heterocycles. The molecule has 13 heavy (non-hydrogen) atoms. The van der Waals surface area contributed by atoms with Crippen LogP contribution in [0.25, 0.3) is 0 Å². The molecule has 0 saturated heterocycles. The monoisotopic (exact) mass is 199 g/mol. The van der Waals surface area contributed by atoms with E-state index in [9.17, 15) is 4.79 Å². The third-order valence-corrected chi connectivity index (χ3v) is 2.44. The average Bonchev–Trinajstić information content (AvgIpc) is 2.52. The van der Waals surface area contributed by atoms with Crippen molar-refractivity contribution in [2.24, 2.45) is 0 Å². The molecule has 0 aromatic carbocycles. The van der Waals surface area contributed by atoms with Crippen LogP contribution in [0.5, 0.6) is 0 Å². The molecule has 0 aliphatic carbocycles. The Hall–Kier alpha value is -1.03. The van der Waals surface area contributed by atoms with Crippen LogP contribution in [0.4, 0.5) is 5.69 Å². The minimum atomic E-state index is -0.169. The van der Waals surface area contributed by atoms with Gasteiger partial charge in [-0.05, 0) is 17.9 Å².